The second kappa shape index (κ2) is 11.8. The van der Waals surface area contributed by atoms with Gasteiger partial charge in [0.15, 0.2) is 0 Å². The van der Waals surface area contributed by atoms with Crippen LogP contribution in [-0.4, -0.2) is 71.2 Å². The molecule has 1 saturated carbocycles. The number of hydrogen-bond donors (Lipinski definition) is 1. The summed E-state index contributed by atoms with van der Waals surface area (Å²) in [5, 5.41) is 11.6. The van der Waals surface area contributed by atoms with Crippen molar-refractivity contribution in [3.63, 3.8) is 0 Å². The lowest BCUT2D eigenvalue weighted by molar-refractivity contribution is -0.143. The van der Waals surface area contributed by atoms with E-state index >= 15 is 0 Å². The first kappa shape index (κ1) is 26.0. The summed E-state index contributed by atoms with van der Waals surface area (Å²) in [4.78, 5) is 29.7. The molecule has 1 aliphatic heterocycles. The number of nitrogens with one attached hydrogen (secondary N) is 1. The van der Waals surface area contributed by atoms with Crippen LogP contribution in [0.1, 0.15) is 50.1 Å². The number of amides is 2. The van der Waals surface area contributed by atoms with Gasteiger partial charge in [-0.15, -0.1) is 5.10 Å². The molecule has 2 unspecified atom stereocenters. The molecule has 10 heteroatoms. The van der Waals surface area contributed by atoms with Crippen LogP contribution in [0.5, 0.6) is 11.5 Å². The number of ether oxygens (including phenoxy) is 3. The first-order valence-electron chi connectivity index (χ1n) is 13.3. The number of fused-ring (bicyclic) bond motifs is 1. The van der Waals surface area contributed by atoms with Crippen molar-refractivity contribution >= 4 is 22.8 Å². The van der Waals surface area contributed by atoms with Crippen LogP contribution in [0.4, 0.5) is 0 Å². The van der Waals surface area contributed by atoms with Crippen LogP contribution in [0.25, 0.3) is 11.0 Å². The molecule has 0 radical (unpaired) electrons. The van der Waals surface area contributed by atoms with Crippen LogP contribution in [0, 0.1) is 0 Å². The third-order valence-electron chi connectivity index (χ3n) is 7.45. The zero-order chi connectivity index (χ0) is 26.5. The van der Waals surface area contributed by atoms with Crippen molar-refractivity contribution in [2.75, 3.05) is 27.4 Å². The Morgan fingerprint density at radius 3 is 2.66 bits per heavy atom. The van der Waals surface area contributed by atoms with Crippen molar-refractivity contribution in [2.45, 2.75) is 63.3 Å². The fourth-order valence-corrected chi connectivity index (χ4v) is 5.46. The molecule has 38 heavy (non-hydrogen) atoms. The molecule has 2 fully saturated rings. The summed E-state index contributed by atoms with van der Waals surface area (Å²) in [6, 6.07) is 12.0. The smallest absolute Gasteiger partial charge is 0.247 e. The molecule has 10 nitrogen and oxygen atoms in total. The van der Waals surface area contributed by atoms with E-state index in [1.807, 2.05) is 24.3 Å². The molecule has 2 atom stereocenters. The maximum absolute atomic E-state index is 14.1. The number of carbonyl (C=O) groups excluding carboxylic acids is 2. The Balaban J connectivity index is 1.53. The van der Waals surface area contributed by atoms with E-state index in [4.69, 9.17) is 14.2 Å². The highest BCUT2D eigenvalue weighted by Crippen LogP contribution is 2.35. The molecule has 1 aromatic heterocycles. The minimum Gasteiger partial charge on any atom is -0.497 e. The molecule has 2 amide bonds. The Morgan fingerprint density at radius 2 is 1.92 bits per heavy atom. The molecule has 2 heterocycles. The van der Waals surface area contributed by atoms with E-state index in [1.165, 1.54) is 0 Å². The number of carbonyl (C=O) groups is 2. The molecule has 2 aromatic carbocycles. The number of para-hydroxylation sites is 1. The normalized spacial score (nSPS) is 18.4. The van der Waals surface area contributed by atoms with Crippen molar-refractivity contribution in [2.24, 2.45) is 0 Å². The van der Waals surface area contributed by atoms with Crippen LogP contribution in [0.2, 0.25) is 0 Å². The molecule has 1 aliphatic carbocycles. The monoisotopic (exact) mass is 521 g/mol. The van der Waals surface area contributed by atoms with Gasteiger partial charge in [-0.1, -0.05) is 30.2 Å². The van der Waals surface area contributed by atoms with E-state index < -0.39 is 6.04 Å². The summed E-state index contributed by atoms with van der Waals surface area (Å²) >= 11 is 0. The molecule has 1 saturated heterocycles. The van der Waals surface area contributed by atoms with Gasteiger partial charge < -0.3 is 24.4 Å². The van der Waals surface area contributed by atoms with Gasteiger partial charge in [0.2, 0.25) is 11.8 Å². The predicted molar refractivity (Wildman–Crippen MR) is 141 cm³/mol. The maximum Gasteiger partial charge on any atom is 0.247 e. The Hall–Kier alpha value is -3.66. The van der Waals surface area contributed by atoms with Crippen molar-refractivity contribution in [1.82, 2.24) is 25.2 Å². The third kappa shape index (κ3) is 5.60. The summed E-state index contributed by atoms with van der Waals surface area (Å²) in [5.74, 6) is 0.606. The molecule has 202 valence electrons. The Kier molecular flexibility index (Phi) is 8.07. The quantitative estimate of drug-likeness (QED) is 0.436. The minimum absolute atomic E-state index is 0.0566. The summed E-state index contributed by atoms with van der Waals surface area (Å²) < 4.78 is 18.6. The van der Waals surface area contributed by atoms with Crippen LogP contribution in [0.15, 0.2) is 42.5 Å². The fourth-order valence-electron chi connectivity index (χ4n) is 5.46. The number of methoxy groups -OCH3 is 2. The average molecular weight is 522 g/mol. The lowest BCUT2D eigenvalue weighted by Gasteiger charge is -2.34. The van der Waals surface area contributed by atoms with E-state index in [1.54, 1.807) is 42.0 Å². The Labute approximate surface area is 222 Å². The highest BCUT2D eigenvalue weighted by atomic mass is 16.5. The molecule has 2 aliphatic rings. The summed E-state index contributed by atoms with van der Waals surface area (Å²) in [6.07, 6.45) is 5.63. The van der Waals surface area contributed by atoms with Gasteiger partial charge in [-0.3, -0.25) is 9.59 Å². The van der Waals surface area contributed by atoms with Gasteiger partial charge >= 0.3 is 0 Å². The first-order chi connectivity index (χ1) is 18.6. The van der Waals surface area contributed by atoms with Crippen molar-refractivity contribution in [3.05, 3.63) is 48.0 Å². The Morgan fingerprint density at radius 1 is 1.11 bits per heavy atom. The molecule has 3 aromatic rings. The minimum atomic E-state index is -0.914. The summed E-state index contributed by atoms with van der Waals surface area (Å²) in [7, 11) is 3.13. The predicted octanol–water partition coefficient (Wildman–Crippen LogP) is 3.26. The van der Waals surface area contributed by atoms with Crippen LogP contribution < -0.4 is 14.8 Å². The topological polar surface area (TPSA) is 108 Å². The van der Waals surface area contributed by atoms with Gasteiger partial charge in [0, 0.05) is 30.8 Å². The lowest BCUT2D eigenvalue weighted by atomic mass is 10.0. The van der Waals surface area contributed by atoms with Crippen LogP contribution >= 0.6 is 0 Å². The second-order valence-electron chi connectivity index (χ2n) is 9.92. The van der Waals surface area contributed by atoms with E-state index in [0.717, 1.165) is 44.0 Å². The fraction of sp³-hybridized carbons (Fsp3) is 0.500. The summed E-state index contributed by atoms with van der Waals surface area (Å²) in [5.41, 5.74) is 2.06. The first-order valence-corrected chi connectivity index (χ1v) is 13.3. The van der Waals surface area contributed by atoms with Crippen molar-refractivity contribution in [1.29, 1.82) is 0 Å². The zero-order valence-corrected chi connectivity index (χ0v) is 22.0. The Bertz CT molecular complexity index is 1270. The van der Waals surface area contributed by atoms with E-state index in [9.17, 15) is 9.59 Å². The number of nitrogens with zero attached hydrogens (tertiary/aromatic N) is 4. The van der Waals surface area contributed by atoms with E-state index in [2.05, 4.69) is 15.6 Å². The van der Waals surface area contributed by atoms with E-state index in [0.29, 0.717) is 29.2 Å². The largest absolute Gasteiger partial charge is 0.497 e. The second-order valence-corrected chi connectivity index (χ2v) is 9.92. The highest BCUT2D eigenvalue weighted by Gasteiger charge is 2.37. The molecular formula is C28H35N5O5. The molecule has 1 N–H and O–H groups in total. The third-order valence-corrected chi connectivity index (χ3v) is 7.45. The van der Waals surface area contributed by atoms with Crippen LogP contribution in [0.3, 0.4) is 0 Å². The van der Waals surface area contributed by atoms with Gasteiger partial charge in [-0.2, -0.15) is 0 Å². The molecular weight excluding hydrogens is 486 g/mol. The van der Waals surface area contributed by atoms with Gasteiger partial charge in [0.1, 0.15) is 29.6 Å². The number of benzene rings is 2. The zero-order valence-electron chi connectivity index (χ0n) is 22.0. The summed E-state index contributed by atoms with van der Waals surface area (Å²) in [6.45, 7) is 0.869. The molecule has 0 spiro atoms. The number of aromatic nitrogens is 3. The SMILES string of the molecule is COc1ccc(C(C(=O)NC2CCCC2)N(CC2CCCO2)C(=O)Cn2nnc3ccccc32)c(OC)c1. The van der Waals surface area contributed by atoms with E-state index in [-0.39, 0.29) is 37.0 Å². The molecule has 5 rings (SSSR count). The average Bonchev–Trinajstić information content (AvgIpc) is 3.72. The van der Waals surface area contributed by atoms with Gasteiger partial charge in [-0.25, -0.2) is 4.68 Å². The number of hydrogen-bond acceptors (Lipinski definition) is 7. The highest BCUT2D eigenvalue weighted by molar-refractivity contribution is 5.90. The van der Waals surface area contributed by atoms with Crippen molar-refractivity contribution in [3.8, 4) is 11.5 Å². The van der Waals surface area contributed by atoms with Gasteiger partial charge in [0.05, 0.1) is 25.8 Å². The van der Waals surface area contributed by atoms with Crippen LogP contribution in [-0.2, 0) is 20.9 Å². The molecule has 0 bridgehead atoms. The van der Waals surface area contributed by atoms with Crippen molar-refractivity contribution < 1.29 is 23.8 Å². The lowest BCUT2D eigenvalue weighted by Crippen LogP contribution is -2.49. The maximum atomic E-state index is 14.1. The standard InChI is InChI=1S/C28H35N5O5/c1-36-20-13-14-22(25(16-20)37-2)27(28(35)29-19-8-3-4-9-19)32(17-21-10-7-15-38-21)26(34)18-33-24-12-6-5-11-23(24)30-31-33/h5-6,11-14,16,19,21,27H,3-4,7-10,15,17-18H2,1-2H3,(H,29,35). The van der Waals surface area contributed by atoms with Gasteiger partial charge in [-0.05, 0) is 49.9 Å². The number of rotatable bonds is 10. The van der Waals surface area contributed by atoms with Gasteiger partial charge in [0.25, 0.3) is 0 Å².